The van der Waals surface area contributed by atoms with Gasteiger partial charge in [-0.05, 0) is 24.6 Å². The first-order valence-electron chi connectivity index (χ1n) is 5.77. The van der Waals surface area contributed by atoms with E-state index in [9.17, 15) is 4.79 Å². The van der Waals surface area contributed by atoms with E-state index in [-0.39, 0.29) is 0 Å². The SMILES string of the molecule is Cc1cccc(-n2nncc2CC(C)C(=O)O)c1. The van der Waals surface area contributed by atoms with Crippen molar-refractivity contribution in [1.29, 1.82) is 0 Å². The van der Waals surface area contributed by atoms with Gasteiger partial charge in [0.1, 0.15) is 0 Å². The van der Waals surface area contributed by atoms with Gasteiger partial charge in [-0.15, -0.1) is 5.10 Å². The van der Waals surface area contributed by atoms with Gasteiger partial charge in [0, 0.05) is 6.42 Å². The highest BCUT2D eigenvalue weighted by Crippen LogP contribution is 2.14. The fourth-order valence-electron chi connectivity index (χ4n) is 1.77. The van der Waals surface area contributed by atoms with Gasteiger partial charge in [0.25, 0.3) is 0 Å². The molecule has 1 aromatic carbocycles. The van der Waals surface area contributed by atoms with Gasteiger partial charge in [0.15, 0.2) is 0 Å². The summed E-state index contributed by atoms with van der Waals surface area (Å²) in [4.78, 5) is 10.9. The summed E-state index contributed by atoms with van der Waals surface area (Å²) in [6.07, 6.45) is 2.03. The molecule has 0 aliphatic heterocycles. The lowest BCUT2D eigenvalue weighted by molar-refractivity contribution is -0.141. The van der Waals surface area contributed by atoms with Crippen LogP contribution in [0.15, 0.2) is 30.5 Å². The second-order valence-electron chi connectivity index (χ2n) is 4.42. The molecule has 0 radical (unpaired) electrons. The molecule has 1 atom stereocenters. The van der Waals surface area contributed by atoms with Gasteiger partial charge in [-0.25, -0.2) is 4.68 Å². The van der Waals surface area contributed by atoms with E-state index in [2.05, 4.69) is 10.3 Å². The summed E-state index contributed by atoms with van der Waals surface area (Å²) in [5, 5.41) is 16.8. The Morgan fingerprint density at radius 1 is 1.50 bits per heavy atom. The molecular weight excluding hydrogens is 230 g/mol. The number of hydrogen-bond acceptors (Lipinski definition) is 3. The molecule has 5 nitrogen and oxygen atoms in total. The van der Waals surface area contributed by atoms with Crippen LogP contribution in [0.5, 0.6) is 0 Å². The Labute approximate surface area is 105 Å². The smallest absolute Gasteiger partial charge is 0.306 e. The molecule has 94 valence electrons. The van der Waals surface area contributed by atoms with Crippen LogP contribution in [0.4, 0.5) is 0 Å². The van der Waals surface area contributed by atoms with Crippen molar-refractivity contribution in [2.24, 2.45) is 5.92 Å². The summed E-state index contributed by atoms with van der Waals surface area (Å²) in [5.74, 6) is -1.26. The number of carboxylic acid groups (broad SMARTS) is 1. The molecule has 0 amide bonds. The molecule has 0 spiro atoms. The van der Waals surface area contributed by atoms with Crippen molar-refractivity contribution < 1.29 is 9.90 Å². The molecule has 0 fully saturated rings. The number of rotatable bonds is 4. The van der Waals surface area contributed by atoms with Crippen LogP contribution >= 0.6 is 0 Å². The molecule has 2 aromatic rings. The molecule has 1 unspecified atom stereocenters. The van der Waals surface area contributed by atoms with Gasteiger partial charge >= 0.3 is 5.97 Å². The molecule has 5 heteroatoms. The fourth-order valence-corrected chi connectivity index (χ4v) is 1.77. The van der Waals surface area contributed by atoms with Crippen molar-refractivity contribution in [3.05, 3.63) is 41.7 Å². The van der Waals surface area contributed by atoms with Gasteiger partial charge in [0.05, 0.1) is 23.5 Å². The van der Waals surface area contributed by atoms with E-state index in [0.717, 1.165) is 16.9 Å². The Morgan fingerprint density at radius 2 is 2.28 bits per heavy atom. The maximum atomic E-state index is 10.9. The normalized spacial score (nSPS) is 12.3. The van der Waals surface area contributed by atoms with Crippen LogP contribution in [0.25, 0.3) is 5.69 Å². The predicted octanol–water partition coefficient (Wildman–Crippen LogP) is 1.84. The number of aliphatic carboxylic acids is 1. The molecule has 1 aromatic heterocycles. The number of aromatic nitrogens is 3. The topological polar surface area (TPSA) is 68.0 Å². The lowest BCUT2D eigenvalue weighted by atomic mass is 10.1. The van der Waals surface area contributed by atoms with Gasteiger partial charge in [-0.1, -0.05) is 24.3 Å². The molecule has 0 aliphatic rings. The van der Waals surface area contributed by atoms with Crippen molar-refractivity contribution in [2.45, 2.75) is 20.3 Å². The van der Waals surface area contributed by atoms with E-state index in [1.807, 2.05) is 31.2 Å². The average Bonchev–Trinajstić information content (AvgIpc) is 2.77. The zero-order valence-corrected chi connectivity index (χ0v) is 10.4. The number of carbonyl (C=O) groups is 1. The summed E-state index contributed by atoms with van der Waals surface area (Å²) >= 11 is 0. The van der Waals surface area contributed by atoms with Crippen molar-refractivity contribution in [2.75, 3.05) is 0 Å². The van der Waals surface area contributed by atoms with Crippen molar-refractivity contribution in [3.63, 3.8) is 0 Å². The lowest BCUT2D eigenvalue weighted by Crippen LogP contribution is -2.15. The molecule has 0 saturated carbocycles. The highest BCUT2D eigenvalue weighted by molar-refractivity contribution is 5.69. The Balaban J connectivity index is 2.30. The Bertz CT molecular complexity index is 563. The minimum atomic E-state index is -0.813. The number of nitrogens with zero attached hydrogens (tertiary/aromatic N) is 3. The predicted molar refractivity (Wildman–Crippen MR) is 66.6 cm³/mol. The fraction of sp³-hybridized carbons (Fsp3) is 0.308. The average molecular weight is 245 g/mol. The maximum Gasteiger partial charge on any atom is 0.306 e. The molecule has 0 aliphatic carbocycles. The van der Waals surface area contributed by atoms with Gasteiger partial charge < -0.3 is 5.11 Å². The van der Waals surface area contributed by atoms with Crippen molar-refractivity contribution in [1.82, 2.24) is 15.0 Å². The summed E-state index contributed by atoms with van der Waals surface area (Å²) in [6.45, 7) is 3.68. The summed E-state index contributed by atoms with van der Waals surface area (Å²) in [7, 11) is 0. The Morgan fingerprint density at radius 3 is 2.94 bits per heavy atom. The quantitative estimate of drug-likeness (QED) is 0.892. The Kier molecular flexibility index (Phi) is 3.41. The second-order valence-corrected chi connectivity index (χ2v) is 4.42. The van der Waals surface area contributed by atoms with E-state index in [4.69, 9.17) is 5.11 Å². The number of carboxylic acids is 1. The third-order valence-electron chi connectivity index (χ3n) is 2.80. The third kappa shape index (κ3) is 2.56. The van der Waals surface area contributed by atoms with Crippen molar-refractivity contribution in [3.8, 4) is 5.69 Å². The lowest BCUT2D eigenvalue weighted by Gasteiger charge is -2.09. The molecule has 0 bridgehead atoms. The first kappa shape index (κ1) is 12.3. The first-order valence-corrected chi connectivity index (χ1v) is 5.77. The first-order chi connectivity index (χ1) is 8.58. The molecule has 18 heavy (non-hydrogen) atoms. The monoisotopic (exact) mass is 245 g/mol. The highest BCUT2D eigenvalue weighted by atomic mass is 16.4. The number of aryl methyl sites for hydroxylation is 1. The third-order valence-corrected chi connectivity index (χ3v) is 2.80. The largest absolute Gasteiger partial charge is 0.481 e. The molecule has 1 heterocycles. The van der Waals surface area contributed by atoms with E-state index in [0.29, 0.717) is 6.42 Å². The van der Waals surface area contributed by atoms with Gasteiger partial charge in [-0.3, -0.25) is 4.79 Å². The van der Waals surface area contributed by atoms with E-state index >= 15 is 0 Å². The zero-order chi connectivity index (χ0) is 13.1. The van der Waals surface area contributed by atoms with Crippen molar-refractivity contribution >= 4 is 5.97 Å². The summed E-state index contributed by atoms with van der Waals surface area (Å²) < 4.78 is 1.69. The molecule has 2 rings (SSSR count). The minimum absolute atomic E-state index is 0.413. The highest BCUT2D eigenvalue weighted by Gasteiger charge is 2.15. The number of benzene rings is 1. The molecular formula is C13H15N3O2. The van der Waals surface area contributed by atoms with Crippen LogP contribution in [-0.4, -0.2) is 26.1 Å². The van der Waals surface area contributed by atoms with E-state index in [1.54, 1.807) is 17.8 Å². The summed E-state index contributed by atoms with van der Waals surface area (Å²) in [6, 6.07) is 7.86. The molecule has 1 N–H and O–H groups in total. The Hall–Kier alpha value is -2.17. The standard InChI is InChI=1S/C13H15N3O2/c1-9-4-3-5-11(6-9)16-12(8-14-15-16)7-10(2)13(17)18/h3-6,8,10H,7H2,1-2H3,(H,17,18). The van der Waals surface area contributed by atoms with Crippen LogP contribution in [0.1, 0.15) is 18.2 Å². The number of hydrogen-bond donors (Lipinski definition) is 1. The zero-order valence-electron chi connectivity index (χ0n) is 10.4. The second kappa shape index (κ2) is 5.00. The van der Waals surface area contributed by atoms with E-state index in [1.165, 1.54) is 0 Å². The van der Waals surface area contributed by atoms with Crippen LogP contribution in [0, 0.1) is 12.8 Å². The maximum absolute atomic E-state index is 10.9. The van der Waals surface area contributed by atoms with Crippen LogP contribution in [-0.2, 0) is 11.2 Å². The van der Waals surface area contributed by atoms with Crippen LogP contribution in [0.2, 0.25) is 0 Å². The molecule has 0 saturated heterocycles. The minimum Gasteiger partial charge on any atom is -0.481 e. The van der Waals surface area contributed by atoms with Gasteiger partial charge in [-0.2, -0.15) is 0 Å². The summed E-state index contributed by atoms with van der Waals surface area (Å²) in [5.41, 5.74) is 2.83. The van der Waals surface area contributed by atoms with E-state index < -0.39 is 11.9 Å². The van der Waals surface area contributed by atoms with Gasteiger partial charge in [0.2, 0.25) is 0 Å². The van der Waals surface area contributed by atoms with Crippen LogP contribution in [0.3, 0.4) is 0 Å². The van der Waals surface area contributed by atoms with Crippen LogP contribution < -0.4 is 0 Å².